The Hall–Kier alpha value is -19.7. The number of fused-ring (bicyclic) bond motifs is 17. The van der Waals surface area contributed by atoms with Gasteiger partial charge in [-0.3, -0.25) is 15.0 Å². The summed E-state index contributed by atoms with van der Waals surface area (Å²) >= 11 is 0. The second-order valence-corrected chi connectivity index (χ2v) is 35.0. The third-order valence-electron chi connectivity index (χ3n) is 26.3. The van der Waals surface area contributed by atoms with Gasteiger partial charge in [0, 0.05) is 49.5 Å². The van der Waals surface area contributed by atoms with E-state index in [1.807, 2.05) is 127 Å². The van der Waals surface area contributed by atoms with Crippen molar-refractivity contribution < 1.29 is 0 Å². The van der Waals surface area contributed by atoms with E-state index in [0.29, 0.717) is 74.9 Å². The lowest BCUT2D eigenvalue weighted by molar-refractivity contribution is 1.05. The molecule has 9 heterocycles. The molecule has 9 aromatic heterocycles. The number of nitrogens with zero attached hydrogens (tertiary/aromatic N) is 17. The summed E-state index contributed by atoms with van der Waals surface area (Å²) < 4.78 is 0. The third kappa shape index (κ3) is 15.7. The molecule has 0 saturated carbocycles. The molecule has 17 heteroatoms. The molecule has 660 valence electrons. The van der Waals surface area contributed by atoms with Gasteiger partial charge in [0.05, 0.1) is 82.2 Å². The number of pyridine rings is 3. The molecular weight excluding hydrogens is 1740 g/mol. The maximum absolute atomic E-state index is 5.23. The standard InChI is InChI=1S/C45H27N5.C44H26N6.C36H22N6/c1-4-14-31-29(12-1)23-37(35-18-8-6-16-33(31)35)41-25-42(38-24-30-13-2-5-15-32(30)34-17-7-9-19-36(34)38)50-45(49-41)44-27-46-43(26-47-44)40-22-21-28-11-3-10-20-39(28)48-40;1-4-14-30-28(12-1)23-36(34-18-8-6-16-32(30)34)42-48-43(37-24-29-13-2-5-15-31(29)33-17-7-9-19-35(33)37)50-44(49-42)41-26-45-40(25-46-41)39-22-21-27-11-3-10-20-38(27)47-39;1-3-10-26-19-28(15-13-23(26)7-1)34-40-35(29-16-14-24-8-2-4-11-27(24)20-29)42-36(41-34)33-22-37-32(21-38-33)31-18-17-25-9-5-6-12-30(25)39-31/h1-27H;1-26H;1-22H. The molecule has 0 unspecified atom stereocenters. The van der Waals surface area contributed by atoms with Gasteiger partial charge in [0.1, 0.15) is 34.2 Å². The molecule has 28 rings (SSSR count). The predicted octanol–water partition coefficient (Wildman–Crippen LogP) is 29.8. The highest BCUT2D eigenvalue weighted by molar-refractivity contribution is 6.18. The number of para-hydroxylation sites is 3. The normalized spacial score (nSPS) is 11.5. The van der Waals surface area contributed by atoms with Crippen LogP contribution in [-0.4, -0.2) is 84.7 Å². The molecule has 0 N–H and O–H groups in total. The van der Waals surface area contributed by atoms with Gasteiger partial charge in [-0.15, -0.1) is 0 Å². The van der Waals surface area contributed by atoms with Crippen molar-refractivity contribution in [2.24, 2.45) is 0 Å². The van der Waals surface area contributed by atoms with Crippen LogP contribution in [0.15, 0.2) is 456 Å². The van der Waals surface area contributed by atoms with Crippen LogP contribution in [0, 0.1) is 0 Å². The fourth-order valence-electron chi connectivity index (χ4n) is 19.3. The lowest BCUT2D eigenvalue weighted by Gasteiger charge is -2.15. The number of aromatic nitrogens is 17. The monoisotopic (exact) mass is 1810 g/mol. The van der Waals surface area contributed by atoms with Gasteiger partial charge in [-0.25, -0.2) is 69.8 Å². The average molecular weight is 1820 g/mol. The zero-order valence-electron chi connectivity index (χ0n) is 75.9. The third-order valence-corrected chi connectivity index (χ3v) is 26.3. The molecule has 142 heavy (non-hydrogen) atoms. The van der Waals surface area contributed by atoms with Crippen molar-refractivity contribution in [3.05, 3.63) is 456 Å². The molecule has 0 radical (unpaired) electrons. The van der Waals surface area contributed by atoms with E-state index in [1.54, 1.807) is 37.2 Å². The minimum atomic E-state index is 0.449. The summed E-state index contributed by atoms with van der Waals surface area (Å²) in [6.45, 7) is 0. The summed E-state index contributed by atoms with van der Waals surface area (Å²) in [5.41, 5.74) is 16.2. The average Bonchev–Trinajstić information content (AvgIpc) is 0.743. The van der Waals surface area contributed by atoms with Crippen LogP contribution in [0.2, 0.25) is 0 Å². The van der Waals surface area contributed by atoms with Crippen molar-refractivity contribution >= 4 is 140 Å². The van der Waals surface area contributed by atoms with Crippen LogP contribution >= 0.6 is 0 Å². The molecule has 0 aliphatic heterocycles. The Labute approximate surface area is 812 Å². The van der Waals surface area contributed by atoms with Crippen LogP contribution in [0.25, 0.3) is 277 Å². The minimum Gasteiger partial charge on any atom is -0.251 e. The van der Waals surface area contributed by atoms with Gasteiger partial charge >= 0.3 is 0 Å². The molecule has 0 aliphatic carbocycles. The van der Waals surface area contributed by atoms with Crippen LogP contribution in [0.1, 0.15) is 0 Å². The van der Waals surface area contributed by atoms with Crippen molar-refractivity contribution in [1.82, 2.24) is 84.7 Å². The smallest absolute Gasteiger partial charge is 0.184 e. The van der Waals surface area contributed by atoms with Crippen molar-refractivity contribution in [2.75, 3.05) is 0 Å². The molecule has 17 nitrogen and oxygen atoms in total. The Balaban J connectivity index is 0.000000110. The first-order valence-electron chi connectivity index (χ1n) is 46.9. The Bertz CT molecular complexity index is 9140. The van der Waals surface area contributed by atoms with Gasteiger partial charge in [0.25, 0.3) is 0 Å². The van der Waals surface area contributed by atoms with Crippen molar-refractivity contribution in [3.8, 4) is 137 Å². The van der Waals surface area contributed by atoms with Crippen molar-refractivity contribution in [3.63, 3.8) is 0 Å². The van der Waals surface area contributed by atoms with E-state index >= 15 is 0 Å². The first-order chi connectivity index (χ1) is 70.3. The first-order valence-corrected chi connectivity index (χ1v) is 46.9. The lowest BCUT2D eigenvalue weighted by atomic mass is 9.93. The molecule has 0 saturated heterocycles. The van der Waals surface area contributed by atoms with E-state index < -0.39 is 0 Å². The van der Waals surface area contributed by atoms with Gasteiger partial charge in [-0.05, 0) is 187 Å². The summed E-state index contributed by atoms with van der Waals surface area (Å²) in [6.07, 6.45) is 10.4. The second kappa shape index (κ2) is 35.6. The summed E-state index contributed by atoms with van der Waals surface area (Å²) in [4.78, 5) is 83.7. The molecule has 0 aliphatic rings. The molecule has 0 amide bonds. The summed E-state index contributed by atoms with van der Waals surface area (Å²) in [6, 6.07) is 144. The predicted molar refractivity (Wildman–Crippen MR) is 575 cm³/mol. The fraction of sp³-hybridized carbons (Fsp3) is 0. The number of hydrogen-bond donors (Lipinski definition) is 0. The van der Waals surface area contributed by atoms with Crippen LogP contribution in [0.4, 0.5) is 0 Å². The zero-order chi connectivity index (χ0) is 93.9. The SMILES string of the molecule is c1ccc2cc(-c3nc(-c4ccc5ccccc5c4)nc(-c4cnc(-c5ccc6ccccc6n5)cn4)n3)ccc2c1.c1ccc2nc(-c3cnc(-c4nc(-c5cc6ccccc6c6ccccc56)cc(-c5cc6ccccc6c6ccccc56)n4)cn3)ccc2c1.c1ccc2nc(-c3cnc(-c4nc(-c5cc6ccccc6c6ccccc56)nc(-c5cc6ccccc6c6ccccc56)n4)cn3)ccc2c1. The topological polar surface area (TPSA) is 219 Å². The summed E-state index contributed by atoms with van der Waals surface area (Å²) in [5.74, 6) is 3.73. The maximum atomic E-state index is 5.23. The Morgan fingerprint density at radius 2 is 0.345 bits per heavy atom. The van der Waals surface area contributed by atoms with Crippen LogP contribution in [0.3, 0.4) is 0 Å². The van der Waals surface area contributed by atoms with Crippen LogP contribution < -0.4 is 0 Å². The highest BCUT2D eigenvalue weighted by atomic mass is 15.1. The molecule has 0 fully saturated rings. The molecule has 0 atom stereocenters. The summed E-state index contributed by atoms with van der Waals surface area (Å²) in [7, 11) is 0. The van der Waals surface area contributed by atoms with Crippen molar-refractivity contribution in [1.29, 1.82) is 0 Å². The van der Waals surface area contributed by atoms with E-state index in [0.717, 1.165) is 170 Å². The quantitative estimate of drug-likeness (QED) is 0.104. The van der Waals surface area contributed by atoms with Crippen molar-refractivity contribution in [2.45, 2.75) is 0 Å². The van der Waals surface area contributed by atoms with E-state index in [4.69, 9.17) is 84.7 Å². The van der Waals surface area contributed by atoms with Gasteiger partial charge in [0.2, 0.25) is 0 Å². The largest absolute Gasteiger partial charge is 0.251 e. The molecule has 0 spiro atoms. The maximum Gasteiger partial charge on any atom is 0.184 e. The second-order valence-electron chi connectivity index (χ2n) is 35.0. The van der Waals surface area contributed by atoms with Crippen LogP contribution in [-0.2, 0) is 0 Å². The Morgan fingerprint density at radius 1 is 0.113 bits per heavy atom. The van der Waals surface area contributed by atoms with Gasteiger partial charge < -0.3 is 0 Å². The number of hydrogen-bond acceptors (Lipinski definition) is 17. The number of benzene rings is 19. The Morgan fingerprint density at radius 3 is 0.676 bits per heavy atom. The van der Waals surface area contributed by atoms with Gasteiger partial charge in [0.15, 0.2) is 40.8 Å². The van der Waals surface area contributed by atoms with E-state index in [2.05, 4.69) is 291 Å². The van der Waals surface area contributed by atoms with E-state index in [-0.39, 0.29) is 0 Å². The highest BCUT2D eigenvalue weighted by Gasteiger charge is 2.24. The summed E-state index contributed by atoms with van der Waals surface area (Å²) in [5, 5.41) is 26.2. The van der Waals surface area contributed by atoms with Gasteiger partial charge in [-0.2, -0.15) is 0 Å². The Kier molecular flexibility index (Phi) is 20.8. The highest BCUT2D eigenvalue weighted by Crippen LogP contribution is 2.43. The zero-order valence-corrected chi connectivity index (χ0v) is 75.9. The molecule has 19 aromatic carbocycles. The van der Waals surface area contributed by atoms with E-state index in [9.17, 15) is 0 Å². The first kappa shape index (κ1) is 83.0. The molecule has 0 bridgehead atoms. The molecule has 28 aromatic rings. The lowest BCUT2D eigenvalue weighted by Crippen LogP contribution is -2.03. The number of rotatable bonds is 12. The van der Waals surface area contributed by atoms with Gasteiger partial charge in [-0.1, -0.05) is 340 Å². The van der Waals surface area contributed by atoms with E-state index in [1.165, 1.54) is 32.3 Å². The van der Waals surface area contributed by atoms with Crippen LogP contribution in [0.5, 0.6) is 0 Å². The minimum absolute atomic E-state index is 0.449. The molecular formula is C125H75N17. The fourth-order valence-corrected chi connectivity index (χ4v) is 19.3.